The molecule has 0 N–H and O–H groups in total. The fourth-order valence-corrected chi connectivity index (χ4v) is 4.10. The van der Waals surface area contributed by atoms with Crippen LogP contribution in [0.5, 0.6) is 5.75 Å². The molecule has 1 heterocycles. The number of hydrogen-bond acceptors (Lipinski definition) is 5. The number of nitriles is 1. The second kappa shape index (κ2) is 10.0. The molecule has 8 heteroatoms. The maximum atomic E-state index is 13.3. The number of hydrogen-bond donors (Lipinski definition) is 0. The van der Waals surface area contributed by atoms with Crippen LogP contribution in [0, 0.1) is 11.3 Å². The topological polar surface area (TPSA) is 80.3 Å². The van der Waals surface area contributed by atoms with Crippen molar-refractivity contribution in [1.82, 2.24) is 9.66 Å². The van der Waals surface area contributed by atoms with Crippen molar-refractivity contribution in [2.75, 3.05) is 0 Å². The van der Waals surface area contributed by atoms with E-state index in [2.05, 4.69) is 27.1 Å². The molecule has 6 nitrogen and oxygen atoms in total. The smallest absolute Gasteiger partial charge is 0.282 e. The Hall–Kier alpha value is -3.47. The van der Waals surface area contributed by atoms with Crippen molar-refractivity contribution in [1.29, 1.82) is 5.26 Å². The van der Waals surface area contributed by atoms with Gasteiger partial charge in [0, 0.05) is 15.5 Å². The molecule has 176 valence electrons. The van der Waals surface area contributed by atoms with E-state index in [4.69, 9.17) is 21.3 Å². The molecule has 4 aromatic rings. The van der Waals surface area contributed by atoms with Gasteiger partial charge in [0.15, 0.2) is 0 Å². The zero-order valence-corrected chi connectivity index (χ0v) is 21.8. The summed E-state index contributed by atoms with van der Waals surface area (Å²) in [5.74, 6) is 1.04. The van der Waals surface area contributed by atoms with Crippen molar-refractivity contribution >= 4 is 44.6 Å². The van der Waals surface area contributed by atoms with E-state index >= 15 is 0 Å². The molecule has 0 amide bonds. The molecule has 35 heavy (non-hydrogen) atoms. The maximum Gasteiger partial charge on any atom is 0.282 e. The lowest BCUT2D eigenvalue weighted by molar-refractivity contribution is 0.306. The molecule has 1 aromatic heterocycles. The van der Waals surface area contributed by atoms with Crippen LogP contribution in [0.3, 0.4) is 0 Å². The van der Waals surface area contributed by atoms with Crippen LogP contribution in [-0.4, -0.2) is 15.9 Å². The van der Waals surface area contributed by atoms with Crippen molar-refractivity contribution in [3.63, 3.8) is 0 Å². The summed E-state index contributed by atoms with van der Waals surface area (Å²) >= 11 is 9.86. The van der Waals surface area contributed by atoms with Gasteiger partial charge < -0.3 is 4.74 Å². The number of rotatable bonds is 5. The minimum Gasteiger partial charge on any atom is -0.487 e. The van der Waals surface area contributed by atoms with E-state index in [0.717, 1.165) is 10.0 Å². The summed E-state index contributed by atoms with van der Waals surface area (Å²) in [6.45, 7) is 6.18. The van der Waals surface area contributed by atoms with Crippen LogP contribution in [0.15, 0.2) is 75.0 Å². The van der Waals surface area contributed by atoms with Crippen LogP contribution in [0.25, 0.3) is 10.9 Å². The summed E-state index contributed by atoms with van der Waals surface area (Å²) in [5.41, 5.74) is 2.00. The van der Waals surface area contributed by atoms with Gasteiger partial charge in [0.25, 0.3) is 5.56 Å². The fraction of sp³-hybridized carbons (Fsp3) is 0.185. The van der Waals surface area contributed by atoms with E-state index in [9.17, 15) is 10.1 Å². The molecule has 3 aromatic carbocycles. The molecule has 0 unspecified atom stereocenters. The second-order valence-corrected chi connectivity index (χ2v) is 10.3. The molecular weight excluding hydrogens is 528 g/mol. The Balaban J connectivity index is 1.64. The SMILES string of the molecule is CC(C)(C)c1nc2ccc(Br)cc2c(=O)n1N=Cc1ccc(OCc2ccccc2C#N)c(Cl)c1. The first kappa shape index (κ1) is 24.6. The zero-order chi connectivity index (χ0) is 25.2. The summed E-state index contributed by atoms with van der Waals surface area (Å²) in [5, 5.41) is 14.6. The van der Waals surface area contributed by atoms with Crippen LogP contribution in [0.1, 0.15) is 43.3 Å². The van der Waals surface area contributed by atoms with Gasteiger partial charge >= 0.3 is 0 Å². The number of aromatic nitrogens is 2. The van der Waals surface area contributed by atoms with Crippen molar-refractivity contribution < 1.29 is 4.74 Å². The van der Waals surface area contributed by atoms with E-state index in [-0.39, 0.29) is 12.2 Å². The Morgan fingerprint density at radius 3 is 2.66 bits per heavy atom. The fourth-order valence-electron chi connectivity index (χ4n) is 3.49. The standard InChI is InChI=1S/C27H22BrClN4O2/c1-27(2,3)26-32-23-10-9-20(28)13-21(23)25(34)33(26)31-15-17-8-11-24(22(29)12-17)35-16-19-7-5-4-6-18(19)14-30/h4-13,15H,16H2,1-3H3. The van der Waals surface area contributed by atoms with Gasteiger partial charge in [-0.15, -0.1) is 0 Å². The quantitative estimate of drug-likeness (QED) is 0.268. The molecule has 0 bridgehead atoms. The lowest BCUT2D eigenvalue weighted by Crippen LogP contribution is -2.29. The van der Waals surface area contributed by atoms with Gasteiger partial charge in [-0.3, -0.25) is 4.79 Å². The third-order valence-corrected chi connectivity index (χ3v) is 6.07. The molecule has 4 rings (SSSR count). The Bertz CT molecular complexity index is 1550. The first-order valence-corrected chi connectivity index (χ1v) is 12.0. The molecule has 0 aliphatic carbocycles. The van der Waals surface area contributed by atoms with E-state index in [1.54, 1.807) is 36.5 Å². The number of fused-ring (bicyclic) bond motifs is 1. The zero-order valence-electron chi connectivity index (χ0n) is 19.4. The maximum absolute atomic E-state index is 13.3. The highest BCUT2D eigenvalue weighted by atomic mass is 79.9. The molecule has 0 aliphatic heterocycles. The Labute approximate surface area is 216 Å². The highest BCUT2D eigenvalue weighted by molar-refractivity contribution is 9.10. The van der Waals surface area contributed by atoms with E-state index < -0.39 is 5.41 Å². The normalized spacial score (nSPS) is 11.7. The second-order valence-electron chi connectivity index (χ2n) is 8.96. The van der Waals surface area contributed by atoms with Gasteiger partial charge in [0.05, 0.1) is 33.8 Å². The average Bonchev–Trinajstić information content (AvgIpc) is 2.82. The van der Waals surface area contributed by atoms with Gasteiger partial charge in [-0.1, -0.05) is 66.5 Å². The lowest BCUT2D eigenvalue weighted by Gasteiger charge is -2.20. The van der Waals surface area contributed by atoms with Crippen molar-refractivity contribution in [3.05, 3.63) is 103 Å². The Kier molecular flexibility index (Phi) is 7.06. The number of nitrogens with zero attached hydrogens (tertiary/aromatic N) is 4. The molecule has 0 saturated carbocycles. The monoisotopic (exact) mass is 548 g/mol. The molecule has 0 fully saturated rings. The van der Waals surface area contributed by atoms with Gasteiger partial charge in [-0.2, -0.15) is 15.0 Å². The summed E-state index contributed by atoms with van der Waals surface area (Å²) in [7, 11) is 0. The summed E-state index contributed by atoms with van der Waals surface area (Å²) in [4.78, 5) is 18.0. The van der Waals surface area contributed by atoms with Crippen LogP contribution >= 0.6 is 27.5 Å². The minimum atomic E-state index is -0.410. The van der Waals surface area contributed by atoms with Crippen LogP contribution in [0.2, 0.25) is 5.02 Å². The van der Waals surface area contributed by atoms with E-state index in [1.807, 2.05) is 51.1 Å². The Morgan fingerprint density at radius 2 is 1.94 bits per heavy atom. The lowest BCUT2D eigenvalue weighted by atomic mass is 9.95. The van der Waals surface area contributed by atoms with Crippen LogP contribution < -0.4 is 10.3 Å². The number of halogens is 2. The first-order valence-electron chi connectivity index (χ1n) is 10.8. The largest absolute Gasteiger partial charge is 0.487 e. The highest BCUT2D eigenvalue weighted by Gasteiger charge is 2.23. The average molecular weight is 550 g/mol. The predicted octanol–water partition coefficient (Wildman–Crippen LogP) is 6.44. The Morgan fingerprint density at radius 1 is 1.17 bits per heavy atom. The van der Waals surface area contributed by atoms with Crippen molar-refractivity contribution in [3.8, 4) is 11.8 Å². The van der Waals surface area contributed by atoms with Gasteiger partial charge in [0.1, 0.15) is 18.2 Å². The summed E-state index contributed by atoms with van der Waals surface area (Å²) in [6, 6.07) is 20.1. The van der Waals surface area contributed by atoms with Crippen molar-refractivity contribution in [2.45, 2.75) is 32.8 Å². The third kappa shape index (κ3) is 5.45. The van der Waals surface area contributed by atoms with E-state index in [0.29, 0.717) is 38.6 Å². The molecule has 0 atom stereocenters. The minimum absolute atomic E-state index is 0.222. The number of benzene rings is 3. The summed E-state index contributed by atoms with van der Waals surface area (Å²) in [6.07, 6.45) is 1.57. The van der Waals surface area contributed by atoms with Gasteiger partial charge in [-0.05, 0) is 48.0 Å². The summed E-state index contributed by atoms with van der Waals surface area (Å²) < 4.78 is 7.96. The molecule has 0 spiro atoms. The third-order valence-electron chi connectivity index (χ3n) is 5.28. The van der Waals surface area contributed by atoms with Crippen molar-refractivity contribution in [2.24, 2.45) is 5.10 Å². The molecule has 0 saturated heterocycles. The first-order chi connectivity index (χ1) is 16.7. The van der Waals surface area contributed by atoms with Gasteiger partial charge in [0.2, 0.25) is 0 Å². The molecule has 0 aliphatic rings. The number of ether oxygens (including phenoxy) is 1. The predicted molar refractivity (Wildman–Crippen MR) is 142 cm³/mol. The van der Waals surface area contributed by atoms with Crippen LogP contribution in [-0.2, 0) is 12.0 Å². The van der Waals surface area contributed by atoms with Gasteiger partial charge in [-0.25, -0.2) is 4.98 Å². The molecular formula is C27H22BrClN4O2. The highest BCUT2D eigenvalue weighted by Crippen LogP contribution is 2.27. The molecule has 0 radical (unpaired) electrons. The van der Waals surface area contributed by atoms with E-state index in [1.165, 1.54) is 4.68 Å². The van der Waals surface area contributed by atoms with Crippen LogP contribution in [0.4, 0.5) is 0 Å².